The Labute approximate surface area is 135 Å². The number of aromatic hydroxyl groups is 1. The predicted molar refractivity (Wildman–Crippen MR) is 90.5 cm³/mol. The normalized spacial score (nSPS) is 12.0. The van der Waals surface area contributed by atoms with Crippen molar-refractivity contribution in [3.8, 4) is 5.75 Å². The van der Waals surface area contributed by atoms with Crippen LogP contribution in [-0.4, -0.2) is 11.3 Å². The lowest BCUT2D eigenvalue weighted by molar-refractivity contribution is 0.446. The van der Waals surface area contributed by atoms with Crippen LogP contribution in [0.2, 0.25) is 10.0 Å². The van der Waals surface area contributed by atoms with E-state index in [1.807, 2.05) is 18.2 Å². The number of benzene rings is 2. The summed E-state index contributed by atoms with van der Waals surface area (Å²) in [6.45, 7) is 6.17. The largest absolute Gasteiger partial charge is 0.507 e. The first-order chi connectivity index (χ1) is 9.77. The quantitative estimate of drug-likeness (QED) is 0.702. The molecule has 0 saturated carbocycles. The van der Waals surface area contributed by atoms with Gasteiger partial charge >= 0.3 is 0 Å². The van der Waals surface area contributed by atoms with Gasteiger partial charge in [-0.15, -0.1) is 0 Å². The number of aliphatic imine (C=N–C) groups is 1. The summed E-state index contributed by atoms with van der Waals surface area (Å²) >= 11 is 11.9. The third-order valence-electron chi connectivity index (χ3n) is 3.08. The van der Waals surface area contributed by atoms with Crippen molar-refractivity contribution in [1.82, 2.24) is 0 Å². The lowest BCUT2D eigenvalue weighted by atomic mass is 9.85. The molecule has 2 nitrogen and oxygen atoms in total. The number of halogens is 2. The van der Waals surface area contributed by atoms with E-state index in [1.54, 1.807) is 24.4 Å². The Morgan fingerprint density at radius 1 is 1.05 bits per heavy atom. The Kier molecular flexibility index (Phi) is 4.60. The molecule has 0 bridgehead atoms. The molecule has 0 aromatic heterocycles. The minimum absolute atomic E-state index is 0.132. The maximum atomic E-state index is 10.4. The van der Waals surface area contributed by atoms with E-state index in [9.17, 15) is 5.11 Å². The number of phenols is 1. The van der Waals surface area contributed by atoms with Gasteiger partial charge in [0, 0.05) is 21.8 Å². The van der Waals surface area contributed by atoms with Crippen molar-refractivity contribution >= 4 is 35.1 Å². The summed E-state index contributed by atoms with van der Waals surface area (Å²) in [5.41, 5.74) is 2.06. The van der Waals surface area contributed by atoms with Crippen molar-refractivity contribution in [3.63, 3.8) is 0 Å². The molecule has 0 amide bonds. The van der Waals surface area contributed by atoms with Crippen LogP contribution in [0.5, 0.6) is 5.75 Å². The van der Waals surface area contributed by atoms with E-state index in [4.69, 9.17) is 23.2 Å². The molecular weight excluding hydrogens is 305 g/mol. The summed E-state index contributed by atoms with van der Waals surface area (Å²) in [6, 6.07) is 10.7. The molecule has 21 heavy (non-hydrogen) atoms. The highest BCUT2D eigenvalue weighted by molar-refractivity contribution is 6.35. The lowest BCUT2D eigenvalue weighted by Crippen LogP contribution is -2.11. The van der Waals surface area contributed by atoms with Gasteiger partial charge in [0.05, 0.1) is 5.69 Å². The zero-order valence-electron chi connectivity index (χ0n) is 12.2. The van der Waals surface area contributed by atoms with Gasteiger partial charge in [-0.05, 0) is 35.2 Å². The van der Waals surface area contributed by atoms with Gasteiger partial charge in [-0.25, -0.2) is 0 Å². The number of hydrogen-bond donors (Lipinski definition) is 1. The van der Waals surface area contributed by atoms with E-state index in [0.717, 1.165) is 5.56 Å². The minimum Gasteiger partial charge on any atom is -0.507 e. The molecule has 4 heteroatoms. The Morgan fingerprint density at radius 3 is 2.24 bits per heavy atom. The second-order valence-electron chi connectivity index (χ2n) is 5.88. The highest BCUT2D eigenvalue weighted by atomic mass is 35.5. The third-order valence-corrected chi connectivity index (χ3v) is 3.51. The Bertz CT molecular complexity index is 667. The predicted octanol–water partition coefficient (Wildman–Crippen LogP) is 5.75. The molecule has 0 saturated heterocycles. The molecule has 0 aliphatic rings. The second kappa shape index (κ2) is 6.08. The molecular formula is C17H17Cl2NO. The van der Waals surface area contributed by atoms with Gasteiger partial charge < -0.3 is 5.11 Å². The summed E-state index contributed by atoms with van der Waals surface area (Å²) in [4.78, 5) is 4.33. The Balaban J connectivity index is 2.38. The first-order valence-electron chi connectivity index (χ1n) is 6.60. The van der Waals surface area contributed by atoms with Crippen LogP contribution in [0.3, 0.4) is 0 Å². The molecule has 0 aliphatic heterocycles. The summed E-state index contributed by atoms with van der Waals surface area (Å²) in [7, 11) is 0. The molecule has 0 aliphatic carbocycles. The molecule has 2 rings (SSSR count). The van der Waals surface area contributed by atoms with Crippen LogP contribution in [0, 0.1) is 0 Å². The third kappa shape index (κ3) is 3.99. The van der Waals surface area contributed by atoms with Crippen LogP contribution >= 0.6 is 23.2 Å². The molecule has 0 atom stereocenters. The van der Waals surface area contributed by atoms with E-state index in [2.05, 4.69) is 25.8 Å². The zero-order chi connectivity index (χ0) is 15.6. The fraction of sp³-hybridized carbons (Fsp3) is 0.235. The van der Waals surface area contributed by atoms with E-state index in [0.29, 0.717) is 21.3 Å². The van der Waals surface area contributed by atoms with Crippen LogP contribution in [0.1, 0.15) is 31.9 Å². The molecule has 0 heterocycles. The number of rotatable bonds is 2. The molecule has 0 spiro atoms. The van der Waals surface area contributed by atoms with E-state index >= 15 is 0 Å². The molecule has 0 fully saturated rings. The first kappa shape index (κ1) is 15.9. The van der Waals surface area contributed by atoms with Gasteiger partial charge in [-0.3, -0.25) is 4.99 Å². The highest BCUT2D eigenvalue weighted by Crippen LogP contribution is 2.32. The smallest absolute Gasteiger partial charge is 0.128 e. The number of para-hydroxylation sites is 1. The van der Waals surface area contributed by atoms with Crippen LogP contribution < -0.4 is 0 Å². The van der Waals surface area contributed by atoms with Crippen molar-refractivity contribution in [2.24, 2.45) is 4.99 Å². The molecule has 0 unspecified atom stereocenters. The van der Waals surface area contributed by atoms with Crippen LogP contribution in [0.25, 0.3) is 0 Å². The first-order valence-corrected chi connectivity index (χ1v) is 7.35. The second-order valence-corrected chi connectivity index (χ2v) is 6.75. The zero-order valence-corrected chi connectivity index (χ0v) is 13.7. The highest BCUT2D eigenvalue weighted by Gasteiger charge is 2.19. The van der Waals surface area contributed by atoms with Crippen LogP contribution in [0.4, 0.5) is 5.69 Å². The van der Waals surface area contributed by atoms with E-state index < -0.39 is 0 Å². The molecule has 2 aromatic carbocycles. The van der Waals surface area contributed by atoms with Crippen molar-refractivity contribution in [2.75, 3.05) is 0 Å². The van der Waals surface area contributed by atoms with Crippen molar-refractivity contribution in [3.05, 3.63) is 57.6 Å². The number of phenolic OH excluding ortho intramolecular Hbond substituents is 1. The van der Waals surface area contributed by atoms with Crippen LogP contribution in [-0.2, 0) is 5.41 Å². The van der Waals surface area contributed by atoms with Crippen molar-refractivity contribution in [1.29, 1.82) is 0 Å². The summed E-state index contributed by atoms with van der Waals surface area (Å²) < 4.78 is 0. The lowest BCUT2D eigenvalue weighted by Gasteiger charge is -2.21. The molecule has 1 N–H and O–H groups in total. The fourth-order valence-electron chi connectivity index (χ4n) is 2.03. The molecule has 2 aromatic rings. The monoisotopic (exact) mass is 321 g/mol. The average molecular weight is 322 g/mol. The molecule has 110 valence electrons. The van der Waals surface area contributed by atoms with Gasteiger partial charge in [0.15, 0.2) is 0 Å². The molecule has 0 radical (unpaired) electrons. The van der Waals surface area contributed by atoms with Crippen LogP contribution in [0.15, 0.2) is 41.4 Å². The van der Waals surface area contributed by atoms with Gasteiger partial charge in [0.25, 0.3) is 0 Å². The topological polar surface area (TPSA) is 32.6 Å². The number of hydrogen-bond acceptors (Lipinski definition) is 2. The Hall–Kier alpha value is -1.51. The SMILES string of the molecule is CC(C)(C)c1cccc(C=Nc2cc(Cl)cc(Cl)c2)c1O. The van der Waals surface area contributed by atoms with Gasteiger partial charge in [0.2, 0.25) is 0 Å². The summed E-state index contributed by atoms with van der Waals surface area (Å²) in [6.07, 6.45) is 1.62. The summed E-state index contributed by atoms with van der Waals surface area (Å²) in [5, 5.41) is 11.4. The maximum absolute atomic E-state index is 10.4. The van der Waals surface area contributed by atoms with Crippen molar-refractivity contribution < 1.29 is 5.11 Å². The Morgan fingerprint density at radius 2 is 1.67 bits per heavy atom. The van der Waals surface area contributed by atoms with Gasteiger partial charge in [-0.1, -0.05) is 56.1 Å². The summed E-state index contributed by atoms with van der Waals surface area (Å²) in [5.74, 6) is 0.252. The van der Waals surface area contributed by atoms with E-state index in [-0.39, 0.29) is 11.2 Å². The minimum atomic E-state index is -0.132. The fourth-order valence-corrected chi connectivity index (χ4v) is 2.54. The average Bonchev–Trinajstić information content (AvgIpc) is 2.35. The van der Waals surface area contributed by atoms with Gasteiger partial charge in [-0.2, -0.15) is 0 Å². The number of nitrogens with zero attached hydrogens (tertiary/aromatic N) is 1. The van der Waals surface area contributed by atoms with E-state index in [1.165, 1.54) is 0 Å². The standard InChI is InChI=1S/C17H17Cl2NO/c1-17(2,3)15-6-4-5-11(16(15)21)10-20-14-8-12(18)7-13(19)9-14/h4-10,21H,1-3H3. The van der Waals surface area contributed by atoms with Gasteiger partial charge in [0.1, 0.15) is 5.75 Å². The van der Waals surface area contributed by atoms with Crippen molar-refractivity contribution in [2.45, 2.75) is 26.2 Å². The maximum Gasteiger partial charge on any atom is 0.128 e.